The van der Waals surface area contributed by atoms with E-state index in [2.05, 4.69) is 24.2 Å². The third kappa shape index (κ3) is 6.80. The Hall–Kier alpha value is -1.92. The van der Waals surface area contributed by atoms with Gasteiger partial charge in [0.2, 0.25) is 0 Å². The molecule has 1 unspecified atom stereocenters. The highest BCUT2D eigenvalue weighted by Gasteiger charge is 2.33. The second kappa shape index (κ2) is 8.08. The number of ether oxygens (including phenoxy) is 1. The van der Waals surface area contributed by atoms with Crippen LogP contribution in [0.25, 0.3) is 0 Å². The predicted octanol–water partition coefficient (Wildman–Crippen LogP) is 3.23. The first-order valence-electron chi connectivity index (χ1n) is 7.48. The monoisotopic (exact) mass is 322 g/mol. The van der Waals surface area contributed by atoms with Crippen LogP contribution in [0.2, 0.25) is 0 Å². The Kier molecular flexibility index (Phi) is 6.72. The maximum atomic E-state index is 10.1. The number of anilines is 1. The van der Waals surface area contributed by atoms with Gasteiger partial charge >= 0.3 is 6.09 Å². The molecule has 1 atom stereocenters. The molecule has 0 saturated heterocycles. The van der Waals surface area contributed by atoms with E-state index < -0.39 is 6.09 Å². The summed E-state index contributed by atoms with van der Waals surface area (Å²) in [6.45, 7) is 8.83. The number of aliphatic imine (C=N–C) groups is 1. The van der Waals surface area contributed by atoms with Gasteiger partial charge in [0.15, 0.2) is 6.23 Å². The minimum absolute atomic E-state index is 0.0298. The molecule has 0 bridgehead atoms. The largest absolute Gasteiger partial charge is 0.465 e. The SMILES string of the molecule is CC1(C)C=NC(C(C)(C)CO)OC1.O=C(O)Nc1ccccc1. The average Bonchev–Trinajstić information content (AvgIpc) is 2.48. The Bertz CT molecular complexity index is 527. The molecule has 1 amide bonds. The van der Waals surface area contributed by atoms with E-state index in [1.54, 1.807) is 24.3 Å². The van der Waals surface area contributed by atoms with Crippen molar-refractivity contribution >= 4 is 18.0 Å². The number of carboxylic acid groups (broad SMARTS) is 1. The van der Waals surface area contributed by atoms with Gasteiger partial charge in [0.05, 0.1) is 13.2 Å². The molecule has 0 aromatic heterocycles. The molecule has 6 heteroatoms. The van der Waals surface area contributed by atoms with Gasteiger partial charge in [-0.15, -0.1) is 0 Å². The number of carbonyl (C=O) groups is 1. The molecule has 2 rings (SSSR count). The molecule has 1 aliphatic heterocycles. The molecule has 6 nitrogen and oxygen atoms in total. The van der Waals surface area contributed by atoms with Crippen LogP contribution in [0.5, 0.6) is 0 Å². The summed E-state index contributed by atoms with van der Waals surface area (Å²) >= 11 is 0. The van der Waals surface area contributed by atoms with Gasteiger partial charge in [-0.3, -0.25) is 10.3 Å². The van der Waals surface area contributed by atoms with Gasteiger partial charge in [0, 0.05) is 22.7 Å². The predicted molar refractivity (Wildman–Crippen MR) is 91.0 cm³/mol. The van der Waals surface area contributed by atoms with E-state index in [1.807, 2.05) is 26.1 Å². The summed E-state index contributed by atoms with van der Waals surface area (Å²) in [5.74, 6) is 0. The lowest BCUT2D eigenvalue weighted by atomic mass is 9.89. The van der Waals surface area contributed by atoms with Crippen molar-refractivity contribution in [2.24, 2.45) is 15.8 Å². The average molecular weight is 322 g/mol. The number of nitrogens with one attached hydrogen (secondary N) is 1. The molecule has 0 aliphatic carbocycles. The number of aliphatic hydroxyl groups excluding tert-OH is 1. The quantitative estimate of drug-likeness (QED) is 0.796. The van der Waals surface area contributed by atoms with E-state index in [-0.39, 0.29) is 23.7 Å². The molecule has 1 aromatic rings. The van der Waals surface area contributed by atoms with E-state index in [4.69, 9.17) is 14.9 Å². The fourth-order valence-electron chi connectivity index (χ4n) is 1.79. The zero-order valence-corrected chi connectivity index (χ0v) is 14.1. The Morgan fingerprint density at radius 3 is 2.43 bits per heavy atom. The van der Waals surface area contributed by atoms with Crippen LogP contribution in [0.4, 0.5) is 10.5 Å². The summed E-state index contributed by atoms with van der Waals surface area (Å²) in [6, 6.07) is 8.74. The summed E-state index contributed by atoms with van der Waals surface area (Å²) in [5, 5.41) is 19.6. The number of amides is 1. The Labute approximate surface area is 137 Å². The topological polar surface area (TPSA) is 91.2 Å². The lowest BCUT2D eigenvalue weighted by molar-refractivity contribution is -0.0673. The number of para-hydroxylation sites is 1. The van der Waals surface area contributed by atoms with E-state index in [1.165, 1.54) is 0 Å². The molecule has 0 spiro atoms. The van der Waals surface area contributed by atoms with Crippen molar-refractivity contribution in [2.75, 3.05) is 18.5 Å². The van der Waals surface area contributed by atoms with E-state index in [9.17, 15) is 4.79 Å². The summed E-state index contributed by atoms with van der Waals surface area (Å²) in [7, 11) is 0. The third-order valence-corrected chi connectivity index (χ3v) is 3.27. The number of benzene rings is 1. The summed E-state index contributed by atoms with van der Waals surface area (Å²) in [6.07, 6.45) is 0.690. The van der Waals surface area contributed by atoms with Crippen LogP contribution in [0, 0.1) is 10.8 Å². The smallest absolute Gasteiger partial charge is 0.409 e. The summed E-state index contributed by atoms with van der Waals surface area (Å²) in [5.41, 5.74) is 0.338. The minimum atomic E-state index is -1.04. The highest BCUT2D eigenvalue weighted by molar-refractivity contribution is 5.82. The van der Waals surface area contributed by atoms with E-state index in [0.29, 0.717) is 12.3 Å². The van der Waals surface area contributed by atoms with Crippen molar-refractivity contribution in [3.8, 4) is 0 Å². The highest BCUT2D eigenvalue weighted by Crippen LogP contribution is 2.29. The highest BCUT2D eigenvalue weighted by atomic mass is 16.5. The van der Waals surface area contributed by atoms with Crippen molar-refractivity contribution in [3.63, 3.8) is 0 Å². The van der Waals surface area contributed by atoms with Gasteiger partial charge < -0.3 is 14.9 Å². The lowest BCUT2D eigenvalue weighted by Crippen LogP contribution is -2.40. The third-order valence-electron chi connectivity index (χ3n) is 3.27. The zero-order chi connectivity index (χ0) is 17.5. The Morgan fingerprint density at radius 2 is 2.00 bits per heavy atom. The first kappa shape index (κ1) is 19.1. The second-order valence-corrected chi connectivity index (χ2v) is 6.87. The standard InChI is InChI=1S/C10H19NO2.C7H7NO2/c1-9(2)5-11-8(13-7-9)10(3,4)6-12;9-7(10)8-6-4-2-1-3-5-6/h5,8,12H,6-7H2,1-4H3;1-5,8H,(H,9,10). The van der Waals surface area contributed by atoms with Crippen molar-refractivity contribution in [1.29, 1.82) is 0 Å². The number of hydrogen-bond acceptors (Lipinski definition) is 4. The van der Waals surface area contributed by atoms with Crippen LogP contribution in [0.3, 0.4) is 0 Å². The first-order valence-corrected chi connectivity index (χ1v) is 7.48. The van der Waals surface area contributed by atoms with Crippen LogP contribution in [-0.2, 0) is 4.74 Å². The molecular weight excluding hydrogens is 296 g/mol. The Balaban J connectivity index is 0.000000238. The number of hydrogen-bond donors (Lipinski definition) is 3. The molecule has 0 fully saturated rings. The van der Waals surface area contributed by atoms with Crippen molar-refractivity contribution in [2.45, 2.75) is 33.9 Å². The zero-order valence-electron chi connectivity index (χ0n) is 14.1. The fourth-order valence-corrected chi connectivity index (χ4v) is 1.79. The molecule has 23 heavy (non-hydrogen) atoms. The molecule has 128 valence electrons. The molecule has 1 aliphatic rings. The van der Waals surface area contributed by atoms with Gasteiger partial charge in [-0.25, -0.2) is 4.79 Å². The van der Waals surface area contributed by atoms with Gasteiger partial charge in [-0.2, -0.15) is 0 Å². The van der Waals surface area contributed by atoms with Crippen molar-refractivity contribution < 1.29 is 19.7 Å². The van der Waals surface area contributed by atoms with Crippen molar-refractivity contribution in [1.82, 2.24) is 0 Å². The number of aliphatic hydroxyl groups is 1. The van der Waals surface area contributed by atoms with Crippen LogP contribution in [0.1, 0.15) is 27.7 Å². The van der Waals surface area contributed by atoms with E-state index in [0.717, 1.165) is 0 Å². The number of nitrogens with zero attached hydrogens (tertiary/aromatic N) is 1. The van der Waals surface area contributed by atoms with Crippen molar-refractivity contribution in [3.05, 3.63) is 30.3 Å². The molecule has 1 aromatic carbocycles. The molecule has 0 saturated carbocycles. The molecular formula is C17H26N2O4. The fraction of sp³-hybridized carbons (Fsp3) is 0.529. The van der Waals surface area contributed by atoms with Gasteiger partial charge in [-0.1, -0.05) is 45.9 Å². The van der Waals surface area contributed by atoms with Crippen LogP contribution in [0.15, 0.2) is 35.3 Å². The lowest BCUT2D eigenvalue weighted by Gasteiger charge is -2.35. The molecule has 1 heterocycles. The second-order valence-electron chi connectivity index (χ2n) is 6.87. The minimum Gasteiger partial charge on any atom is -0.465 e. The maximum absolute atomic E-state index is 10.1. The van der Waals surface area contributed by atoms with Gasteiger partial charge in [0.25, 0.3) is 0 Å². The van der Waals surface area contributed by atoms with Gasteiger partial charge in [0.1, 0.15) is 0 Å². The van der Waals surface area contributed by atoms with Crippen LogP contribution < -0.4 is 5.32 Å². The number of rotatable bonds is 3. The molecule has 0 radical (unpaired) electrons. The molecule has 3 N–H and O–H groups in total. The van der Waals surface area contributed by atoms with E-state index >= 15 is 0 Å². The normalized spacial score (nSPS) is 19.4. The van der Waals surface area contributed by atoms with Crippen LogP contribution in [-0.4, -0.2) is 42.0 Å². The first-order chi connectivity index (χ1) is 10.7. The van der Waals surface area contributed by atoms with Gasteiger partial charge in [-0.05, 0) is 12.1 Å². The summed E-state index contributed by atoms with van der Waals surface area (Å²) < 4.78 is 5.59. The van der Waals surface area contributed by atoms with Crippen LogP contribution >= 0.6 is 0 Å². The summed E-state index contributed by atoms with van der Waals surface area (Å²) in [4.78, 5) is 14.4. The Morgan fingerprint density at radius 1 is 1.39 bits per heavy atom. The maximum Gasteiger partial charge on any atom is 0.409 e.